The lowest BCUT2D eigenvalue weighted by Crippen LogP contribution is -2.29. The number of halogens is 1. The van der Waals surface area contributed by atoms with Crippen LogP contribution in [0.2, 0.25) is 5.02 Å². The van der Waals surface area contributed by atoms with E-state index in [0.29, 0.717) is 22.1 Å². The Bertz CT molecular complexity index is 777. The molecule has 0 unspecified atom stereocenters. The van der Waals surface area contributed by atoms with Crippen LogP contribution in [-0.2, 0) is 16.2 Å². The second-order valence-corrected chi connectivity index (χ2v) is 5.41. The van der Waals surface area contributed by atoms with Crippen LogP contribution in [-0.4, -0.2) is 32.9 Å². The lowest BCUT2D eigenvalue weighted by Gasteiger charge is -2.13. The molecule has 0 aliphatic carbocycles. The van der Waals surface area contributed by atoms with Crippen molar-refractivity contribution in [1.29, 1.82) is 0 Å². The molecule has 0 aliphatic heterocycles. The highest BCUT2D eigenvalue weighted by Gasteiger charge is 2.17. The van der Waals surface area contributed by atoms with Gasteiger partial charge in [0.15, 0.2) is 5.71 Å². The van der Waals surface area contributed by atoms with Crippen molar-refractivity contribution in [2.24, 2.45) is 5.16 Å². The van der Waals surface area contributed by atoms with Gasteiger partial charge in [-0.1, -0.05) is 41.0 Å². The van der Waals surface area contributed by atoms with Gasteiger partial charge in [-0.25, -0.2) is 0 Å². The number of oxime groups is 1. The van der Waals surface area contributed by atoms with Crippen LogP contribution in [0.4, 0.5) is 0 Å². The summed E-state index contributed by atoms with van der Waals surface area (Å²) in [5, 5.41) is 6.89. The number of ether oxygens (including phenoxy) is 2. The van der Waals surface area contributed by atoms with Crippen LogP contribution in [0.15, 0.2) is 47.6 Å². The molecule has 2 aromatic carbocycles. The standard InChI is InChI=1S/C18H19ClN2O4/c1-20-18(22)17(21-24-3)16-7-5-4-6-12(16)11-25-15-9-13(19)8-14(10-15)23-2/h4-10H,11H2,1-3H3,(H,20,22)/b21-17-. The van der Waals surface area contributed by atoms with Gasteiger partial charge in [0.2, 0.25) is 0 Å². The van der Waals surface area contributed by atoms with E-state index in [9.17, 15) is 4.79 Å². The van der Waals surface area contributed by atoms with Gasteiger partial charge in [-0.05, 0) is 17.7 Å². The summed E-state index contributed by atoms with van der Waals surface area (Å²) in [6.07, 6.45) is 0. The highest BCUT2D eigenvalue weighted by Crippen LogP contribution is 2.26. The molecule has 0 bridgehead atoms. The predicted octanol–water partition coefficient (Wildman–Crippen LogP) is 3.02. The quantitative estimate of drug-likeness (QED) is 0.607. The van der Waals surface area contributed by atoms with Gasteiger partial charge in [-0.2, -0.15) is 0 Å². The summed E-state index contributed by atoms with van der Waals surface area (Å²) >= 11 is 6.05. The summed E-state index contributed by atoms with van der Waals surface area (Å²) in [6, 6.07) is 12.4. The molecule has 0 saturated carbocycles. The molecule has 1 N–H and O–H groups in total. The SMILES string of the molecule is CNC(=O)/C(=N\OC)c1ccccc1COc1cc(Cl)cc(OC)c1. The maximum Gasteiger partial charge on any atom is 0.273 e. The Morgan fingerprint density at radius 2 is 1.88 bits per heavy atom. The Morgan fingerprint density at radius 3 is 2.56 bits per heavy atom. The third-order valence-electron chi connectivity index (χ3n) is 3.37. The third kappa shape index (κ3) is 4.87. The van der Waals surface area contributed by atoms with E-state index >= 15 is 0 Å². The van der Waals surface area contributed by atoms with E-state index in [1.54, 1.807) is 31.4 Å². The minimum absolute atomic E-state index is 0.174. The molecule has 132 valence electrons. The van der Waals surface area contributed by atoms with Crippen LogP contribution in [0.3, 0.4) is 0 Å². The first kappa shape index (κ1) is 18.6. The molecule has 0 aromatic heterocycles. The van der Waals surface area contributed by atoms with Crippen LogP contribution in [0.1, 0.15) is 11.1 Å². The lowest BCUT2D eigenvalue weighted by molar-refractivity contribution is -0.114. The van der Waals surface area contributed by atoms with E-state index in [1.165, 1.54) is 14.2 Å². The number of likely N-dealkylation sites (N-methyl/N-ethyl adjacent to an activating group) is 1. The first-order valence-electron chi connectivity index (χ1n) is 7.48. The van der Waals surface area contributed by atoms with E-state index in [4.69, 9.17) is 25.9 Å². The number of nitrogens with zero attached hydrogens (tertiary/aromatic N) is 1. The van der Waals surface area contributed by atoms with Gasteiger partial charge in [-0.15, -0.1) is 0 Å². The summed E-state index contributed by atoms with van der Waals surface area (Å²) in [4.78, 5) is 16.9. The molecule has 6 nitrogen and oxygen atoms in total. The number of rotatable bonds is 7. The van der Waals surface area contributed by atoms with Crippen molar-refractivity contribution in [3.05, 3.63) is 58.6 Å². The maximum atomic E-state index is 12.1. The molecule has 25 heavy (non-hydrogen) atoms. The van der Waals surface area contributed by atoms with Gasteiger partial charge >= 0.3 is 0 Å². The Labute approximate surface area is 151 Å². The number of amides is 1. The summed E-state index contributed by atoms with van der Waals surface area (Å²) < 4.78 is 11.0. The summed E-state index contributed by atoms with van der Waals surface area (Å²) in [6.45, 7) is 0.222. The first-order valence-corrected chi connectivity index (χ1v) is 7.85. The van der Waals surface area contributed by atoms with Gasteiger partial charge in [-0.3, -0.25) is 4.79 Å². The Hall–Kier alpha value is -2.73. The second kappa shape index (κ2) is 8.94. The van der Waals surface area contributed by atoms with Crippen LogP contribution in [0.5, 0.6) is 11.5 Å². The fraction of sp³-hybridized carbons (Fsp3) is 0.222. The zero-order chi connectivity index (χ0) is 18.2. The minimum atomic E-state index is -0.348. The molecule has 0 spiro atoms. The van der Waals surface area contributed by atoms with Crippen molar-refractivity contribution in [1.82, 2.24) is 5.32 Å². The zero-order valence-electron chi connectivity index (χ0n) is 14.2. The van der Waals surface area contributed by atoms with Gasteiger partial charge in [0.25, 0.3) is 5.91 Å². The normalized spacial score (nSPS) is 11.0. The smallest absolute Gasteiger partial charge is 0.273 e. The molecular weight excluding hydrogens is 344 g/mol. The average Bonchev–Trinajstić information content (AvgIpc) is 2.63. The molecule has 0 radical (unpaired) electrons. The third-order valence-corrected chi connectivity index (χ3v) is 3.59. The summed E-state index contributed by atoms with van der Waals surface area (Å²) in [5.41, 5.74) is 1.58. The van der Waals surface area contributed by atoms with Gasteiger partial charge < -0.3 is 19.6 Å². The van der Waals surface area contributed by atoms with Crippen LogP contribution in [0.25, 0.3) is 0 Å². The molecule has 1 amide bonds. The number of methoxy groups -OCH3 is 1. The molecule has 2 aromatic rings. The molecule has 0 atom stereocenters. The van der Waals surface area contributed by atoms with E-state index in [1.807, 2.05) is 18.2 Å². The number of carbonyl (C=O) groups excluding carboxylic acids is 1. The Morgan fingerprint density at radius 1 is 1.16 bits per heavy atom. The van der Waals surface area contributed by atoms with Crippen molar-refractivity contribution >= 4 is 23.2 Å². The van der Waals surface area contributed by atoms with Crippen molar-refractivity contribution < 1.29 is 19.1 Å². The number of hydrogen-bond donors (Lipinski definition) is 1. The molecule has 7 heteroatoms. The fourth-order valence-electron chi connectivity index (χ4n) is 2.20. The second-order valence-electron chi connectivity index (χ2n) is 4.97. The van der Waals surface area contributed by atoms with Crippen molar-refractivity contribution in [3.63, 3.8) is 0 Å². The van der Waals surface area contributed by atoms with E-state index in [2.05, 4.69) is 10.5 Å². The molecular formula is C18H19ClN2O4. The van der Waals surface area contributed by atoms with Crippen LogP contribution >= 0.6 is 11.6 Å². The minimum Gasteiger partial charge on any atom is -0.497 e. The van der Waals surface area contributed by atoms with E-state index < -0.39 is 0 Å². The first-order chi connectivity index (χ1) is 12.1. The maximum absolute atomic E-state index is 12.1. The van der Waals surface area contributed by atoms with Gasteiger partial charge in [0.1, 0.15) is 25.2 Å². The number of benzene rings is 2. The van der Waals surface area contributed by atoms with Gasteiger partial charge in [0.05, 0.1) is 7.11 Å². The van der Waals surface area contributed by atoms with Crippen molar-refractivity contribution in [3.8, 4) is 11.5 Å². The highest BCUT2D eigenvalue weighted by molar-refractivity contribution is 6.45. The van der Waals surface area contributed by atoms with Crippen LogP contribution in [0, 0.1) is 0 Å². The zero-order valence-corrected chi connectivity index (χ0v) is 15.0. The van der Waals surface area contributed by atoms with E-state index in [0.717, 1.165) is 5.56 Å². The Kier molecular flexibility index (Phi) is 6.65. The fourth-order valence-corrected chi connectivity index (χ4v) is 2.41. The number of hydrogen-bond acceptors (Lipinski definition) is 5. The van der Waals surface area contributed by atoms with Gasteiger partial charge in [0, 0.05) is 23.7 Å². The molecule has 0 saturated heterocycles. The predicted molar refractivity (Wildman–Crippen MR) is 96.4 cm³/mol. The monoisotopic (exact) mass is 362 g/mol. The summed E-state index contributed by atoms with van der Waals surface area (Å²) in [7, 11) is 4.48. The number of carbonyl (C=O) groups is 1. The molecule has 0 aliphatic rings. The largest absolute Gasteiger partial charge is 0.497 e. The van der Waals surface area contributed by atoms with E-state index in [-0.39, 0.29) is 18.2 Å². The molecule has 0 heterocycles. The average molecular weight is 363 g/mol. The lowest BCUT2D eigenvalue weighted by atomic mass is 10.0. The molecule has 0 fully saturated rings. The van der Waals surface area contributed by atoms with Crippen molar-refractivity contribution in [2.75, 3.05) is 21.3 Å². The summed E-state index contributed by atoms with van der Waals surface area (Å²) in [5.74, 6) is 0.811. The van der Waals surface area contributed by atoms with Crippen LogP contribution < -0.4 is 14.8 Å². The molecule has 2 rings (SSSR count). The number of nitrogens with one attached hydrogen (secondary N) is 1. The Balaban J connectivity index is 2.28. The topological polar surface area (TPSA) is 69.2 Å². The highest BCUT2D eigenvalue weighted by atomic mass is 35.5. The van der Waals surface area contributed by atoms with Crippen molar-refractivity contribution in [2.45, 2.75) is 6.61 Å².